The first-order chi connectivity index (χ1) is 14.3. The van der Waals surface area contributed by atoms with Crippen molar-refractivity contribution in [2.24, 2.45) is 5.41 Å². The zero-order valence-electron chi connectivity index (χ0n) is 18.7. The first-order valence-electron chi connectivity index (χ1n) is 10.7. The van der Waals surface area contributed by atoms with Crippen LogP contribution in [0.15, 0.2) is 48.5 Å². The van der Waals surface area contributed by atoms with Crippen molar-refractivity contribution in [1.29, 1.82) is 0 Å². The maximum absolute atomic E-state index is 12.3. The van der Waals surface area contributed by atoms with E-state index in [2.05, 4.69) is 41.9 Å². The third-order valence-electron chi connectivity index (χ3n) is 5.15. The molecule has 0 atom stereocenters. The summed E-state index contributed by atoms with van der Waals surface area (Å²) in [5, 5.41) is 3.02. The van der Waals surface area contributed by atoms with Gasteiger partial charge in [-0.05, 0) is 36.1 Å². The lowest BCUT2D eigenvalue weighted by Gasteiger charge is -2.18. The summed E-state index contributed by atoms with van der Waals surface area (Å²) in [5.74, 6) is 2.28. The molecule has 0 saturated carbocycles. The summed E-state index contributed by atoms with van der Waals surface area (Å²) in [6, 6.07) is 16.3. The molecule has 0 aliphatic rings. The second kappa shape index (κ2) is 9.33. The van der Waals surface area contributed by atoms with E-state index in [0.29, 0.717) is 19.1 Å². The highest BCUT2D eigenvalue weighted by atomic mass is 16.5. The second-order valence-corrected chi connectivity index (χ2v) is 9.00. The van der Waals surface area contributed by atoms with Gasteiger partial charge >= 0.3 is 0 Å². The Balaban J connectivity index is 1.68. The molecule has 0 fully saturated rings. The quantitative estimate of drug-likeness (QED) is 0.516. The standard InChI is InChI=1S/C25H33N3O2/c1-18(2)19-11-6-9-14-22(19)30-16-10-15-28-21-13-8-7-12-20(21)27-23(28)17-26-24(29)25(3,4)5/h6-9,11-14,18H,10,15-17H2,1-5H3,(H,26,29). The first-order valence-corrected chi connectivity index (χ1v) is 10.7. The highest BCUT2D eigenvalue weighted by molar-refractivity contribution is 5.81. The number of hydrogen-bond donors (Lipinski definition) is 1. The molecule has 0 bridgehead atoms. The molecule has 160 valence electrons. The average molecular weight is 408 g/mol. The zero-order chi connectivity index (χ0) is 21.7. The summed E-state index contributed by atoms with van der Waals surface area (Å²) in [7, 11) is 0. The monoisotopic (exact) mass is 407 g/mol. The average Bonchev–Trinajstić information content (AvgIpc) is 3.06. The number of amides is 1. The molecule has 5 heteroatoms. The Morgan fingerprint density at radius 1 is 1.10 bits per heavy atom. The van der Waals surface area contributed by atoms with Crippen molar-refractivity contribution in [2.45, 2.75) is 60.0 Å². The lowest BCUT2D eigenvalue weighted by molar-refractivity contribution is -0.128. The van der Waals surface area contributed by atoms with Gasteiger partial charge in [-0.2, -0.15) is 0 Å². The molecule has 0 radical (unpaired) electrons. The van der Waals surface area contributed by atoms with Crippen LogP contribution >= 0.6 is 0 Å². The number of hydrogen-bond acceptors (Lipinski definition) is 3. The number of aromatic nitrogens is 2. The molecule has 2 aromatic carbocycles. The van der Waals surface area contributed by atoms with E-state index in [-0.39, 0.29) is 5.91 Å². The van der Waals surface area contributed by atoms with Gasteiger partial charge in [0.2, 0.25) is 5.91 Å². The molecule has 0 unspecified atom stereocenters. The van der Waals surface area contributed by atoms with Crippen molar-refractivity contribution >= 4 is 16.9 Å². The second-order valence-electron chi connectivity index (χ2n) is 9.00. The van der Waals surface area contributed by atoms with Crippen LogP contribution in [0.5, 0.6) is 5.75 Å². The predicted octanol–water partition coefficient (Wildman–Crippen LogP) is 5.29. The Morgan fingerprint density at radius 3 is 2.53 bits per heavy atom. The molecule has 0 spiro atoms. The lowest BCUT2D eigenvalue weighted by Crippen LogP contribution is -2.35. The molecule has 3 aromatic rings. The first kappa shape index (κ1) is 21.9. The van der Waals surface area contributed by atoms with Gasteiger partial charge in [0, 0.05) is 12.0 Å². The normalized spacial score (nSPS) is 11.8. The van der Waals surface area contributed by atoms with Gasteiger partial charge in [0.25, 0.3) is 0 Å². The molecule has 1 aromatic heterocycles. The zero-order valence-corrected chi connectivity index (χ0v) is 18.7. The van der Waals surface area contributed by atoms with Gasteiger partial charge in [0.15, 0.2) is 0 Å². The van der Waals surface area contributed by atoms with Crippen LogP contribution in [-0.4, -0.2) is 22.1 Å². The van der Waals surface area contributed by atoms with Crippen LogP contribution in [0, 0.1) is 5.41 Å². The maximum Gasteiger partial charge on any atom is 0.225 e. The highest BCUT2D eigenvalue weighted by Gasteiger charge is 2.21. The van der Waals surface area contributed by atoms with Crippen LogP contribution in [0.1, 0.15) is 58.3 Å². The summed E-state index contributed by atoms with van der Waals surface area (Å²) in [5.41, 5.74) is 2.84. The SMILES string of the molecule is CC(C)c1ccccc1OCCCn1c(CNC(=O)C(C)(C)C)nc2ccccc21. The number of nitrogens with zero attached hydrogens (tertiary/aromatic N) is 2. The number of carbonyl (C=O) groups excluding carboxylic acids is 1. The summed E-state index contributed by atoms with van der Waals surface area (Å²) in [6.45, 7) is 11.9. The summed E-state index contributed by atoms with van der Waals surface area (Å²) < 4.78 is 8.28. The van der Waals surface area contributed by atoms with Crippen LogP contribution in [0.25, 0.3) is 11.0 Å². The molecule has 30 heavy (non-hydrogen) atoms. The fourth-order valence-corrected chi connectivity index (χ4v) is 3.43. The fraction of sp³-hybridized carbons (Fsp3) is 0.440. The van der Waals surface area contributed by atoms with E-state index in [1.54, 1.807) is 0 Å². The van der Waals surface area contributed by atoms with Crippen molar-refractivity contribution in [3.8, 4) is 5.75 Å². The maximum atomic E-state index is 12.3. The van der Waals surface area contributed by atoms with Crippen molar-refractivity contribution in [3.05, 3.63) is 59.9 Å². The minimum atomic E-state index is -0.422. The number of nitrogens with one attached hydrogen (secondary N) is 1. The number of para-hydroxylation sites is 3. The summed E-state index contributed by atoms with van der Waals surface area (Å²) in [6.07, 6.45) is 0.854. The van der Waals surface area contributed by atoms with Crippen molar-refractivity contribution in [3.63, 3.8) is 0 Å². The smallest absolute Gasteiger partial charge is 0.225 e. The Labute approximate surface area is 179 Å². The fourth-order valence-electron chi connectivity index (χ4n) is 3.43. The van der Waals surface area contributed by atoms with Crippen molar-refractivity contribution in [1.82, 2.24) is 14.9 Å². The third kappa shape index (κ3) is 5.21. The van der Waals surface area contributed by atoms with Gasteiger partial charge in [-0.1, -0.05) is 65.0 Å². The number of ether oxygens (including phenoxy) is 1. The van der Waals surface area contributed by atoms with E-state index in [1.807, 2.05) is 51.1 Å². The Bertz CT molecular complexity index is 999. The number of rotatable bonds is 8. The third-order valence-corrected chi connectivity index (χ3v) is 5.15. The van der Waals surface area contributed by atoms with Gasteiger partial charge in [-0.25, -0.2) is 4.98 Å². The lowest BCUT2D eigenvalue weighted by atomic mass is 9.96. The number of fused-ring (bicyclic) bond motifs is 1. The molecule has 3 rings (SSSR count). The van der Waals surface area contributed by atoms with Crippen LogP contribution < -0.4 is 10.1 Å². The number of carbonyl (C=O) groups is 1. The van der Waals surface area contributed by atoms with E-state index in [0.717, 1.165) is 35.6 Å². The van der Waals surface area contributed by atoms with E-state index in [9.17, 15) is 4.79 Å². The van der Waals surface area contributed by atoms with E-state index in [4.69, 9.17) is 9.72 Å². The van der Waals surface area contributed by atoms with Crippen LogP contribution in [0.3, 0.4) is 0 Å². The molecule has 0 aliphatic heterocycles. The van der Waals surface area contributed by atoms with Crippen molar-refractivity contribution in [2.75, 3.05) is 6.61 Å². The predicted molar refractivity (Wildman–Crippen MR) is 122 cm³/mol. The van der Waals surface area contributed by atoms with E-state index in [1.165, 1.54) is 5.56 Å². The van der Waals surface area contributed by atoms with Crippen molar-refractivity contribution < 1.29 is 9.53 Å². The minimum Gasteiger partial charge on any atom is -0.493 e. The Kier molecular flexibility index (Phi) is 6.80. The van der Waals surface area contributed by atoms with E-state index >= 15 is 0 Å². The number of aryl methyl sites for hydroxylation is 1. The molecular formula is C25H33N3O2. The summed E-state index contributed by atoms with van der Waals surface area (Å²) in [4.78, 5) is 17.0. The van der Waals surface area contributed by atoms with E-state index < -0.39 is 5.41 Å². The highest BCUT2D eigenvalue weighted by Crippen LogP contribution is 2.26. The Hall–Kier alpha value is -2.82. The molecule has 1 amide bonds. The minimum absolute atomic E-state index is 0.0229. The molecule has 5 nitrogen and oxygen atoms in total. The summed E-state index contributed by atoms with van der Waals surface area (Å²) >= 11 is 0. The Morgan fingerprint density at radius 2 is 1.80 bits per heavy atom. The van der Waals surface area contributed by atoms with Gasteiger partial charge < -0.3 is 14.6 Å². The molecule has 1 heterocycles. The van der Waals surface area contributed by atoms with Gasteiger partial charge in [-0.3, -0.25) is 4.79 Å². The molecular weight excluding hydrogens is 374 g/mol. The van der Waals surface area contributed by atoms with Gasteiger partial charge in [0.05, 0.1) is 24.2 Å². The largest absolute Gasteiger partial charge is 0.493 e. The van der Waals surface area contributed by atoms with Crippen LogP contribution in [-0.2, 0) is 17.9 Å². The molecule has 0 aliphatic carbocycles. The number of imidazole rings is 1. The molecule has 0 saturated heterocycles. The van der Waals surface area contributed by atoms with Crippen LogP contribution in [0.2, 0.25) is 0 Å². The van der Waals surface area contributed by atoms with Gasteiger partial charge in [-0.15, -0.1) is 0 Å². The van der Waals surface area contributed by atoms with Crippen LogP contribution in [0.4, 0.5) is 0 Å². The van der Waals surface area contributed by atoms with Gasteiger partial charge in [0.1, 0.15) is 11.6 Å². The topological polar surface area (TPSA) is 56.1 Å². The molecule has 1 N–H and O–H groups in total. The number of benzene rings is 2.